The molecule has 32 heavy (non-hydrogen) atoms. The Labute approximate surface area is 187 Å². The zero-order chi connectivity index (χ0) is 22.2. The van der Waals surface area contributed by atoms with Gasteiger partial charge < -0.3 is 19.2 Å². The maximum atomic E-state index is 12.6. The first-order chi connectivity index (χ1) is 15.5. The van der Waals surface area contributed by atoms with Crippen LogP contribution in [0.15, 0.2) is 51.7 Å². The molecule has 2 aromatic heterocycles. The summed E-state index contributed by atoms with van der Waals surface area (Å²) in [6, 6.07) is 13.9. The Kier molecular flexibility index (Phi) is 5.18. The van der Waals surface area contributed by atoms with Gasteiger partial charge in [0.25, 0.3) is 6.01 Å². The van der Waals surface area contributed by atoms with E-state index in [1.807, 2.05) is 42.5 Å². The number of anilines is 1. The Balaban J connectivity index is 1.50. The molecule has 1 saturated heterocycles. The molecule has 1 fully saturated rings. The summed E-state index contributed by atoms with van der Waals surface area (Å²) in [5.41, 5.74) is 3.60. The number of oxazole rings is 1. The van der Waals surface area contributed by atoms with Crippen molar-refractivity contribution in [3.63, 3.8) is 0 Å². The molecule has 4 aromatic rings. The summed E-state index contributed by atoms with van der Waals surface area (Å²) in [5, 5.41) is 9.94. The van der Waals surface area contributed by atoms with E-state index in [1.165, 1.54) is 7.11 Å². The van der Waals surface area contributed by atoms with E-state index in [4.69, 9.17) is 9.15 Å². The minimum Gasteiger partial charge on any atom is -0.494 e. The number of H-pyrrole nitrogens is 1. The van der Waals surface area contributed by atoms with Crippen molar-refractivity contribution in [2.75, 3.05) is 18.6 Å². The third kappa shape index (κ3) is 3.64. The summed E-state index contributed by atoms with van der Waals surface area (Å²) in [5.74, 6) is -0.631. The number of esters is 1. The molecule has 9 heteroatoms. The number of rotatable bonds is 5. The molecule has 5 rings (SSSR count). The number of carbonyl (C=O) groups excluding carboxylic acids is 1. The lowest BCUT2D eigenvalue weighted by Gasteiger charge is -2.24. The first-order valence-electron chi connectivity index (χ1n) is 10.3. The van der Waals surface area contributed by atoms with Crippen LogP contribution in [0.1, 0.15) is 45.2 Å². The number of nitrogens with one attached hydrogen (secondary N) is 1. The van der Waals surface area contributed by atoms with Gasteiger partial charge in [-0.2, -0.15) is 4.98 Å². The van der Waals surface area contributed by atoms with Crippen molar-refractivity contribution in [3.8, 4) is 5.88 Å². The lowest BCUT2D eigenvalue weighted by molar-refractivity contribution is 0.0599. The van der Waals surface area contributed by atoms with Crippen molar-refractivity contribution in [1.29, 1.82) is 0 Å². The van der Waals surface area contributed by atoms with Gasteiger partial charge in [0, 0.05) is 13.0 Å². The van der Waals surface area contributed by atoms with Crippen LogP contribution in [0.3, 0.4) is 0 Å². The first-order valence-corrected chi connectivity index (χ1v) is 11.1. The molecule has 2 aromatic carbocycles. The number of para-hydroxylation sites is 2. The number of aromatic nitrogens is 2. The number of hydrogen-bond donors (Lipinski definition) is 2. The van der Waals surface area contributed by atoms with E-state index < -0.39 is 5.97 Å². The second kappa shape index (κ2) is 8.16. The highest BCUT2D eigenvalue weighted by Crippen LogP contribution is 2.38. The van der Waals surface area contributed by atoms with Crippen molar-refractivity contribution in [3.05, 3.63) is 73.7 Å². The van der Waals surface area contributed by atoms with Crippen LogP contribution in [-0.2, 0) is 11.2 Å². The molecule has 0 spiro atoms. The van der Waals surface area contributed by atoms with Gasteiger partial charge in [0.05, 0.1) is 23.6 Å². The molecule has 0 bridgehead atoms. The number of hydrogen-bond acceptors (Lipinski definition) is 8. The van der Waals surface area contributed by atoms with Gasteiger partial charge in [-0.1, -0.05) is 35.6 Å². The van der Waals surface area contributed by atoms with Gasteiger partial charge in [-0.15, -0.1) is 0 Å². The second-order valence-corrected chi connectivity index (χ2v) is 8.75. The Morgan fingerprint density at radius 3 is 2.94 bits per heavy atom. The van der Waals surface area contributed by atoms with Crippen molar-refractivity contribution in [2.24, 2.45) is 0 Å². The van der Waals surface area contributed by atoms with Crippen molar-refractivity contribution in [2.45, 2.75) is 25.3 Å². The van der Waals surface area contributed by atoms with E-state index in [2.05, 4.69) is 14.9 Å². The molecule has 8 nitrogen and oxygen atoms in total. The Morgan fingerprint density at radius 1 is 1.34 bits per heavy atom. The molecule has 0 saturated carbocycles. The van der Waals surface area contributed by atoms with E-state index >= 15 is 0 Å². The van der Waals surface area contributed by atoms with Crippen LogP contribution in [0.25, 0.3) is 11.1 Å². The van der Waals surface area contributed by atoms with E-state index in [0.717, 1.165) is 47.4 Å². The van der Waals surface area contributed by atoms with Gasteiger partial charge in [-0.05, 0) is 42.2 Å². The van der Waals surface area contributed by atoms with E-state index in [-0.39, 0.29) is 23.2 Å². The fourth-order valence-corrected chi connectivity index (χ4v) is 4.97. The summed E-state index contributed by atoms with van der Waals surface area (Å²) in [6.45, 7) is 0.804. The number of benzene rings is 2. The van der Waals surface area contributed by atoms with Gasteiger partial charge in [0.2, 0.25) is 5.88 Å². The number of aromatic amines is 1. The topological polar surface area (TPSA) is 109 Å². The zero-order valence-electron chi connectivity index (χ0n) is 17.3. The molecule has 0 aliphatic carbocycles. The Morgan fingerprint density at radius 2 is 2.19 bits per heavy atom. The number of carbonyl (C=O) groups is 1. The number of methoxy groups -OCH3 is 1. The summed E-state index contributed by atoms with van der Waals surface area (Å²) in [7, 11) is 1.34. The first kappa shape index (κ1) is 20.3. The molecule has 1 aliphatic heterocycles. The smallest absolute Gasteiger partial charge is 0.338 e. The van der Waals surface area contributed by atoms with E-state index in [1.54, 1.807) is 0 Å². The van der Waals surface area contributed by atoms with Gasteiger partial charge in [-0.3, -0.25) is 9.78 Å². The molecule has 2 N–H and O–H groups in total. The van der Waals surface area contributed by atoms with Crippen LogP contribution >= 0.6 is 11.3 Å². The van der Waals surface area contributed by atoms with Crippen molar-refractivity contribution in [1.82, 2.24) is 9.97 Å². The molecule has 3 heterocycles. The molecule has 0 amide bonds. The Bertz CT molecular complexity index is 1320. The van der Waals surface area contributed by atoms with Crippen molar-refractivity contribution >= 4 is 34.4 Å². The number of fused-ring (bicyclic) bond motifs is 1. The average Bonchev–Trinajstić information content (AvgIpc) is 3.51. The number of ether oxygens (including phenoxy) is 1. The highest BCUT2D eigenvalue weighted by molar-refractivity contribution is 7.09. The van der Waals surface area contributed by atoms with Crippen LogP contribution in [0.2, 0.25) is 0 Å². The third-order valence-electron chi connectivity index (χ3n) is 5.76. The number of nitrogens with zero attached hydrogens (tertiary/aromatic N) is 2. The van der Waals surface area contributed by atoms with Crippen LogP contribution in [-0.4, -0.2) is 34.7 Å². The van der Waals surface area contributed by atoms with Crippen LogP contribution in [0.5, 0.6) is 5.88 Å². The highest BCUT2D eigenvalue weighted by atomic mass is 32.1. The normalized spacial score (nSPS) is 16.0. The molecule has 1 aliphatic rings. The van der Waals surface area contributed by atoms with Crippen LogP contribution in [0, 0.1) is 0 Å². The average molecular weight is 452 g/mol. The summed E-state index contributed by atoms with van der Waals surface area (Å²) in [4.78, 5) is 33.3. The molecule has 164 valence electrons. The standard InChI is InChI=1S/C23H21N3O5S/c1-30-21(28)15-11-14(9-8-13(15)12-19-20(27)25-23(29)32-19)17-6-4-10-26(17)22-24-16-5-2-3-7-18(16)31-22/h2-3,5,7-9,11,17,27H,4,6,10,12H2,1H3,(H,25,29)/t17-/m0/s1. The maximum absolute atomic E-state index is 12.6. The predicted octanol–water partition coefficient (Wildman–Crippen LogP) is 4.00. The number of thiazole rings is 1. The largest absolute Gasteiger partial charge is 0.494 e. The fraction of sp³-hybridized carbons (Fsp3) is 0.261. The summed E-state index contributed by atoms with van der Waals surface area (Å²) < 4.78 is 11.0. The molecular formula is C23H21N3O5S. The monoisotopic (exact) mass is 451 g/mol. The van der Waals surface area contributed by atoms with Crippen LogP contribution < -0.4 is 9.77 Å². The lowest BCUT2D eigenvalue weighted by Crippen LogP contribution is -2.23. The minimum absolute atomic E-state index is 0.0113. The van der Waals surface area contributed by atoms with Gasteiger partial charge in [0.15, 0.2) is 5.58 Å². The SMILES string of the molecule is COC(=O)c1cc([C@@H]2CCCN2c2nc3ccccc3o2)ccc1Cc1sc(=O)[nH]c1O. The summed E-state index contributed by atoms with van der Waals surface area (Å²) in [6.07, 6.45) is 2.13. The number of aromatic hydroxyl groups is 1. The molecule has 0 unspecified atom stereocenters. The summed E-state index contributed by atoms with van der Waals surface area (Å²) >= 11 is 0.924. The van der Waals surface area contributed by atoms with E-state index in [9.17, 15) is 14.7 Å². The quantitative estimate of drug-likeness (QED) is 0.442. The van der Waals surface area contributed by atoms with Gasteiger partial charge in [-0.25, -0.2) is 4.79 Å². The second-order valence-electron chi connectivity index (χ2n) is 7.69. The maximum Gasteiger partial charge on any atom is 0.338 e. The predicted molar refractivity (Wildman–Crippen MR) is 121 cm³/mol. The zero-order valence-corrected chi connectivity index (χ0v) is 18.1. The molecular weight excluding hydrogens is 430 g/mol. The Hall–Kier alpha value is -3.59. The van der Waals surface area contributed by atoms with Gasteiger partial charge in [0.1, 0.15) is 5.52 Å². The van der Waals surface area contributed by atoms with Crippen molar-refractivity contribution < 1.29 is 19.1 Å². The minimum atomic E-state index is -0.462. The highest BCUT2D eigenvalue weighted by Gasteiger charge is 2.31. The van der Waals surface area contributed by atoms with Gasteiger partial charge >= 0.3 is 10.8 Å². The van der Waals surface area contributed by atoms with E-state index in [0.29, 0.717) is 22.0 Å². The lowest BCUT2D eigenvalue weighted by atomic mass is 9.96. The van der Waals surface area contributed by atoms with Crippen LogP contribution in [0.4, 0.5) is 6.01 Å². The third-order valence-corrected chi connectivity index (χ3v) is 6.63. The molecule has 0 radical (unpaired) electrons. The molecule has 1 atom stereocenters. The fourth-order valence-electron chi connectivity index (χ4n) is 4.23.